The molecule has 0 aliphatic rings. The van der Waals surface area contributed by atoms with Crippen LogP contribution in [0.5, 0.6) is 0 Å². The molecule has 0 bridgehead atoms. The van der Waals surface area contributed by atoms with Gasteiger partial charge < -0.3 is 23.9 Å². The molecule has 9 heteroatoms. The number of carbonyl (C=O) groups excluding carboxylic acids is 4. The molecule has 1 heterocycles. The predicted molar refractivity (Wildman–Crippen MR) is 93.8 cm³/mol. The molecule has 2 atom stereocenters. The Balaban J connectivity index is 3.63. The first-order valence-corrected chi connectivity index (χ1v) is 8.56. The molecule has 0 aliphatic heterocycles. The molecular weight excluding hydrogens is 358 g/mol. The molecule has 2 unspecified atom stereocenters. The first-order valence-electron chi connectivity index (χ1n) is 8.56. The van der Waals surface area contributed by atoms with Gasteiger partial charge in [0.25, 0.3) is 0 Å². The number of aromatic nitrogens is 1. The smallest absolute Gasteiger partial charge is 0.355 e. The zero-order valence-corrected chi connectivity index (χ0v) is 16.3. The minimum Gasteiger partial charge on any atom is -0.464 e. The van der Waals surface area contributed by atoms with Gasteiger partial charge in [-0.25, -0.2) is 19.2 Å². The van der Waals surface area contributed by atoms with Crippen LogP contribution in [0.15, 0.2) is 0 Å². The Morgan fingerprint density at radius 3 is 1.33 bits per heavy atom. The van der Waals surface area contributed by atoms with Gasteiger partial charge in [-0.2, -0.15) is 0 Å². The topological polar surface area (TPSA) is 121 Å². The Labute approximate surface area is 157 Å². The number of rotatable bonds is 8. The van der Waals surface area contributed by atoms with E-state index < -0.39 is 47.2 Å². The Morgan fingerprint density at radius 1 is 0.741 bits per heavy atom. The molecule has 1 rings (SSSR count). The van der Waals surface area contributed by atoms with E-state index in [-0.39, 0.29) is 11.4 Å². The Kier molecular flexibility index (Phi) is 8.01. The molecule has 0 radical (unpaired) electrons. The van der Waals surface area contributed by atoms with Crippen LogP contribution in [0.2, 0.25) is 0 Å². The maximum Gasteiger partial charge on any atom is 0.355 e. The summed E-state index contributed by atoms with van der Waals surface area (Å²) in [7, 11) is 2.20. The highest BCUT2D eigenvalue weighted by Gasteiger charge is 2.36. The lowest BCUT2D eigenvalue weighted by Gasteiger charge is -2.14. The zero-order valence-electron chi connectivity index (χ0n) is 16.3. The lowest BCUT2D eigenvalue weighted by molar-refractivity contribution is 0.0280. The molecule has 0 aromatic carbocycles. The summed E-state index contributed by atoms with van der Waals surface area (Å²) in [6, 6.07) is 0. The average molecular weight is 383 g/mol. The molecular formula is C18H25NO8. The van der Waals surface area contributed by atoms with Gasteiger partial charge in [-0.15, -0.1) is 0 Å². The van der Waals surface area contributed by atoms with Crippen molar-refractivity contribution in [3.8, 4) is 0 Å². The van der Waals surface area contributed by atoms with Gasteiger partial charge in [0.15, 0.2) is 0 Å². The largest absolute Gasteiger partial charge is 0.464 e. The maximum atomic E-state index is 12.7. The third kappa shape index (κ3) is 5.08. The van der Waals surface area contributed by atoms with Gasteiger partial charge in [0.2, 0.25) is 0 Å². The molecule has 0 spiro atoms. The van der Waals surface area contributed by atoms with Crippen molar-refractivity contribution < 1.29 is 38.1 Å². The molecule has 0 saturated heterocycles. The van der Waals surface area contributed by atoms with Crippen LogP contribution in [0, 0.1) is 0 Å². The van der Waals surface area contributed by atoms with E-state index in [1.54, 1.807) is 27.7 Å². The summed E-state index contributed by atoms with van der Waals surface area (Å²) >= 11 is 0. The van der Waals surface area contributed by atoms with Crippen LogP contribution in [0.25, 0.3) is 0 Å². The van der Waals surface area contributed by atoms with Crippen LogP contribution in [-0.4, -0.2) is 55.3 Å². The van der Waals surface area contributed by atoms with Crippen molar-refractivity contribution in [1.29, 1.82) is 0 Å². The number of hydrogen-bond acceptors (Lipinski definition) is 8. The van der Waals surface area contributed by atoms with Crippen molar-refractivity contribution in [1.82, 2.24) is 4.98 Å². The number of esters is 4. The van der Waals surface area contributed by atoms with Gasteiger partial charge in [-0.1, -0.05) is 13.8 Å². The average Bonchev–Trinajstić information content (AvgIpc) is 3.07. The number of carbonyl (C=O) groups is 4. The summed E-state index contributed by atoms with van der Waals surface area (Å²) < 4.78 is 19.8. The molecule has 0 aliphatic carbocycles. The van der Waals surface area contributed by atoms with Crippen molar-refractivity contribution in [2.45, 2.75) is 52.7 Å². The van der Waals surface area contributed by atoms with E-state index in [4.69, 9.17) is 9.47 Å². The van der Waals surface area contributed by atoms with E-state index in [0.29, 0.717) is 12.8 Å². The Morgan fingerprint density at radius 2 is 1.07 bits per heavy atom. The number of aromatic amines is 1. The third-order valence-corrected chi connectivity index (χ3v) is 3.95. The van der Waals surface area contributed by atoms with Gasteiger partial charge in [0, 0.05) is 0 Å². The summed E-state index contributed by atoms with van der Waals surface area (Å²) in [6.07, 6.45) is 0.0799. The van der Waals surface area contributed by atoms with Crippen molar-refractivity contribution >= 4 is 23.9 Å². The van der Waals surface area contributed by atoms with Crippen LogP contribution in [0.1, 0.15) is 82.2 Å². The molecule has 9 nitrogen and oxygen atoms in total. The van der Waals surface area contributed by atoms with Crippen molar-refractivity contribution in [3.63, 3.8) is 0 Å². The van der Waals surface area contributed by atoms with Gasteiger partial charge >= 0.3 is 23.9 Å². The van der Waals surface area contributed by atoms with E-state index in [0.717, 1.165) is 14.2 Å². The van der Waals surface area contributed by atoms with E-state index in [9.17, 15) is 19.2 Å². The number of nitrogens with one attached hydrogen (secondary N) is 1. The summed E-state index contributed by atoms with van der Waals surface area (Å²) in [5.41, 5.74) is -1.61. The third-order valence-electron chi connectivity index (χ3n) is 3.95. The van der Waals surface area contributed by atoms with E-state index in [1.165, 1.54) is 0 Å². The molecule has 1 aromatic rings. The van der Waals surface area contributed by atoms with Crippen molar-refractivity contribution in [2.24, 2.45) is 0 Å². The Hall–Kier alpha value is -2.84. The van der Waals surface area contributed by atoms with Crippen LogP contribution in [0.3, 0.4) is 0 Å². The minimum atomic E-state index is -0.952. The molecule has 150 valence electrons. The van der Waals surface area contributed by atoms with Gasteiger partial charge in [-0.05, 0) is 26.7 Å². The van der Waals surface area contributed by atoms with Gasteiger partial charge in [-0.3, -0.25) is 0 Å². The molecule has 0 saturated carbocycles. The first kappa shape index (κ1) is 22.2. The predicted octanol–water partition coefficient (Wildman–Crippen LogP) is 2.50. The second kappa shape index (κ2) is 9.75. The molecule has 0 fully saturated rings. The van der Waals surface area contributed by atoms with Gasteiger partial charge in [0.05, 0.1) is 26.4 Å². The molecule has 1 N–H and O–H groups in total. The molecule has 0 amide bonds. The number of H-pyrrole nitrogens is 1. The van der Waals surface area contributed by atoms with Crippen LogP contribution >= 0.6 is 0 Å². The van der Waals surface area contributed by atoms with Crippen LogP contribution in [0.4, 0.5) is 0 Å². The fraction of sp³-hybridized carbons (Fsp3) is 0.556. The summed E-state index contributed by atoms with van der Waals surface area (Å²) in [4.78, 5) is 52.0. The van der Waals surface area contributed by atoms with E-state index in [2.05, 4.69) is 14.5 Å². The highest BCUT2D eigenvalue weighted by Crippen LogP contribution is 2.25. The summed E-state index contributed by atoms with van der Waals surface area (Å²) in [5.74, 6) is -3.79. The monoisotopic (exact) mass is 383 g/mol. The fourth-order valence-corrected chi connectivity index (χ4v) is 2.07. The highest BCUT2D eigenvalue weighted by molar-refractivity contribution is 6.15. The minimum absolute atomic E-state index is 0.387. The SMILES string of the molecule is CCC(C)OC(=O)c1c(C(=O)OC)[nH]c(C(=O)OC)c1C(=O)OC(C)CC. The van der Waals surface area contributed by atoms with E-state index in [1.807, 2.05) is 0 Å². The highest BCUT2D eigenvalue weighted by atomic mass is 16.6. The maximum absolute atomic E-state index is 12.7. The zero-order chi connectivity index (χ0) is 20.7. The number of ether oxygens (including phenoxy) is 4. The van der Waals surface area contributed by atoms with E-state index >= 15 is 0 Å². The quantitative estimate of drug-likeness (QED) is 0.537. The summed E-state index contributed by atoms with van der Waals surface area (Å²) in [5, 5.41) is 0. The number of methoxy groups -OCH3 is 2. The number of hydrogen-bond donors (Lipinski definition) is 1. The van der Waals surface area contributed by atoms with Gasteiger partial charge in [0.1, 0.15) is 22.5 Å². The summed E-state index contributed by atoms with van der Waals surface area (Å²) in [6.45, 7) is 6.91. The van der Waals surface area contributed by atoms with Crippen molar-refractivity contribution in [2.75, 3.05) is 14.2 Å². The van der Waals surface area contributed by atoms with Crippen molar-refractivity contribution in [3.05, 3.63) is 22.5 Å². The van der Waals surface area contributed by atoms with Crippen LogP contribution in [-0.2, 0) is 18.9 Å². The fourth-order valence-electron chi connectivity index (χ4n) is 2.07. The molecule has 1 aromatic heterocycles. The second-order valence-electron chi connectivity index (χ2n) is 5.86. The lowest BCUT2D eigenvalue weighted by atomic mass is 10.1. The first-order chi connectivity index (χ1) is 12.7. The second-order valence-corrected chi connectivity index (χ2v) is 5.86. The normalized spacial score (nSPS) is 12.7. The molecule has 27 heavy (non-hydrogen) atoms. The lowest BCUT2D eigenvalue weighted by Crippen LogP contribution is -2.22. The van der Waals surface area contributed by atoms with Crippen LogP contribution < -0.4 is 0 Å². The standard InChI is InChI=1S/C18H25NO8/c1-7-9(3)26-15(20)11-12(16(21)27-10(4)8-2)14(18(23)25-6)19-13(11)17(22)24-5/h9-10,19H,7-8H2,1-6H3. The Bertz CT molecular complexity index is 663.